The van der Waals surface area contributed by atoms with E-state index in [-0.39, 0.29) is 0 Å². The van der Waals surface area contributed by atoms with Crippen molar-refractivity contribution in [1.29, 1.82) is 0 Å². The Morgan fingerprint density at radius 2 is 2.14 bits per heavy atom. The molecule has 0 N–H and O–H groups in total. The highest BCUT2D eigenvalue weighted by atomic mass is 14.3. The fourth-order valence-electron chi connectivity index (χ4n) is 1.70. The Hall–Kier alpha value is -0.975. The van der Waals surface area contributed by atoms with E-state index >= 15 is 0 Å². The largest absolute Gasteiger partial charge is 0.114 e. The molecule has 1 aromatic carbocycles. The first-order valence-corrected chi connectivity index (χ1v) is 5.22. The summed E-state index contributed by atoms with van der Waals surface area (Å²) in [6.45, 7) is 4.37. The van der Waals surface area contributed by atoms with Crippen LogP contribution in [0.4, 0.5) is 0 Å². The van der Waals surface area contributed by atoms with Crippen LogP contribution in [0.15, 0.2) is 24.3 Å². The molecular weight excluding hydrogens is 167 g/mol. The topological polar surface area (TPSA) is 0 Å². The van der Waals surface area contributed by atoms with E-state index < -0.39 is 0 Å². The first kappa shape index (κ1) is 9.58. The summed E-state index contributed by atoms with van der Waals surface area (Å²) >= 11 is 0. The summed E-state index contributed by atoms with van der Waals surface area (Å²) in [6.07, 6.45) is 5.87. The highest BCUT2D eigenvalue weighted by Gasteiger charge is 2.29. The third-order valence-electron chi connectivity index (χ3n) is 3.11. The van der Waals surface area contributed by atoms with E-state index in [9.17, 15) is 0 Å². The Kier molecular flexibility index (Phi) is 2.49. The number of allylic oxidation sites excluding steroid dienone is 1. The number of rotatable bonds is 2. The van der Waals surface area contributed by atoms with Crippen LogP contribution < -0.4 is 5.46 Å². The molecule has 0 bridgehead atoms. The Balaban J connectivity index is 2.16. The van der Waals surface area contributed by atoms with Gasteiger partial charge in [0.1, 0.15) is 7.85 Å². The average Bonchev–Trinajstić information content (AvgIpc) is 2.85. The lowest BCUT2D eigenvalue weighted by molar-refractivity contribution is 0.902. The van der Waals surface area contributed by atoms with Crippen LogP contribution in [0.5, 0.6) is 0 Å². The molecule has 0 heterocycles. The maximum absolute atomic E-state index is 5.84. The van der Waals surface area contributed by atoms with Gasteiger partial charge in [0, 0.05) is 0 Å². The van der Waals surface area contributed by atoms with Crippen LogP contribution in [0.25, 0.3) is 6.08 Å². The average molecular weight is 182 g/mol. The van der Waals surface area contributed by atoms with Crippen LogP contribution in [0.3, 0.4) is 0 Å². The second kappa shape index (κ2) is 3.64. The predicted molar refractivity (Wildman–Crippen MR) is 62.9 cm³/mol. The zero-order chi connectivity index (χ0) is 10.1. The van der Waals surface area contributed by atoms with Crippen molar-refractivity contribution in [3.8, 4) is 0 Å². The van der Waals surface area contributed by atoms with Gasteiger partial charge in [0.2, 0.25) is 0 Å². The van der Waals surface area contributed by atoms with Gasteiger partial charge >= 0.3 is 0 Å². The minimum absolute atomic E-state index is 0.802. The van der Waals surface area contributed by atoms with Gasteiger partial charge in [-0.05, 0) is 30.7 Å². The SMILES string of the molecule is [B]c1cccc(/C=C\C2CC2C)c1C. The van der Waals surface area contributed by atoms with Crippen molar-refractivity contribution in [2.75, 3.05) is 0 Å². The van der Waals surface area contributed by atoms with E-state index in [1.807, 2.05) is 12.1 Å². The summed E-state index contributed by atoms with van der Waals surface area (Å²) in [5, 5.41) is 0. The smallest absolute Gasteiger partial charge is 0.0932 e. The minimum atomic E-state index is 0.802. The third kappa shape index (κ3) is 1.92. The first-order chi connectivity index (χ1) is 6.68. The quantitative estimate of drug-likeness (QED) is 0.616. The van der Waals surface area contributed by atoms with E-state index in [1.165, 1.54) is 17.5 Å². The zero-order valence-corrected chi connectivity index (χ0v) is 8.83. The Morgan fingerprint density at radius 1 is 1.43 bits per heavy atom. The van der Waals surface area contributed by atoms with Gasteiger partial charge in [0.05, 0.1) is 0 Å². The molecule has 14 heavy (non-hydrogen) atoms. The van der Waals surface area contributed by atoms with Crippen molar-refractivity contribution in [3.05, 3.63) is 35.4 Å². The molecule has 0 saturated heterocycles. The van der Waals surface area contributed by atoms with Crippen molar-refractivity contribution in [3.63, 3.8) is 0 Å². The molecule has 2 atom stereocenters. The lowest BCUT2D eigenvalue weighted by Crippen LogP contribution is -2.07. The van der Waals surface area contributed by atoms with E-state index in [0.717, 1.165) is 17.3 Å². The lowest BCUT2D eigenvalue weighted by atomic mass is 9.88. The fourth-order valence-corrected chi connectivity index (χ4v) is 1.70. The maximum Gasteiger partial charge on any atom is 0.114 e. The highest BCUT2D eigenvalue weighted by Crippen LogP contribution is 2.39. The van der Waals surface area contributed by atoms with E-state index in [0.29, 0.717) is 0 Å². The monoisotopic (exact) mass is 182 g/mol. The van der Waals surface area contributed by atoms with Gasteiger partial charge in [-0.1, -0.05) is 48.3 Å². The molecule has 0 spiro atoms. The molecule has 1 saturated carbocycles. The molecule has 70 valence electrons. The molecule has 0 amide bonds. The molecule has 1 heteroatoms. The van der Waals surface area contributed by atoms with Crippen LogP contribution in [0.1, 0.15) is 24.5 Å². The summed E-state index contributed by atoms with van der Waals surface area (Å²) < 4.78 is 0. The molecule has 1 aliphatic carbocycles. The predicted octanol–water partition coefficient (Wildman–Crippen LogP) is 2.46. The van der Waals surface area contributed by atoms with Gasteiger partial charge in [0.15, 0.2) is 0 Å². The summed E-state index contributed by atoms with van der Waals surface area (Å²) in [6, 6.07) is 6.08. The molecule has 1 aliphatic rings. The second-order valence-electron chi connectivity index (χ2n) is 4.30. The zero-order valence-electron chi connectivity index (χ0n) is 8.83. The van der Waals surface area contributed by atoms with Crippen molar-refractivity contribution >= 4 is 19.4 Å². The van der Waals surface area contributed by atoms with Gasteiger partial charge in [0.25, 0.3) is 0 Å². The van der Waals surface area contributed by atoms with Crippen LogP contribution in [0, 0.1) is 18.8 Å². The van der Waals surface area contributed by atoms with E-state index in [2.05, 4.69) is 32.1 Å². The van der Waals surface area contributed by atoms with E-state index in [1.54, 1.807) is 0 Å². The Bertz CT molecular complexity index is 365. The van der Waals surface area contributed by atoms with E-state index in [4.69, 9.17) is 7.85 Å². The molecule has 0 aliphatic heterocycles. The van der Waals surface area contributed by atoms with Gasteiger partial charge in [-0.2, -0.15) is 0 Å². The number of hydrogen-bond acceptors (Lipinski definition) is 0. The lowest BCUT2D eigenvalue weighted by Gasteiger charge is -2.03. The van der Waals surface area contributed by atoms with Crippen molar-refractivity contribution < 1.29 is 0 Å². The van der Waals surface area contributed by atoms with Crippen molar-refractivity contribution in [1.82, 2.24) is 0 Å². The van der Waals surface area contributed by atoms with Crippen LogP contribution >= 0.6 is 0 Å². The van der Waals surface area contributed by atoms with Crippen LogP contribution in [-0.2, 0) is 0 Å². The van der Waals surface area contributed by atoms with Gasteiger partial charge < -0.3 is 0 Å². The summed E-state index contributed by atoms with van der Waals surface area (Å²) in [4.78, 5) is 0. The Morgan fingerprint density at radius 3 is 2.79 bits per heavy atom. The van der Waals surface area contributed by atoms with Crippen molar-refractivity contribution in [2.24, 2.45) is 11.8 Å². The molecule has 2 rings (SSSR count). The molecule has 2 radical (unpaired) electrons. The van der Waals surface area contributed by atoms with Gasteiger partial charge in [-0.25, -0.2) is 0 Å². The van der Waals surface area contributed by atoms with Gasteiger partial charge in [-0.3, -0.25) is 0 Å². The summed E-state index contributed by atoms with van der Waals surface area (Å²) in [5.41, 5.74) is 3.33. The van der Waals surface area contributed by atoms with Crippen LogP contribution in [0.2, 0.25) is 0 Å². The number of benzene rings is 1. The number of hydrogen-bond donors (Lipinski definition) is 0. The fraction of sp³-hybridized carbons (Fsp3) is 0.385. The van der Waals surface area contributed by atoms with Crippen LogP contribution in [-0.4, -0.2) is 7.85 Å². The Labute approximate surface area is 87.4 Å². The molecule has 1 fully saturated rings. The van der Waals surface area contributed by atoms with Gasteiger partial charge in [-0.15, -0.1) is 0 Å². The third-order valence-corrected chi connectivity index (χ3v) is 3.11. The second-order valence-corrected chi connectivity index (χ2v) is 4.30. The molecule has 2 unspecified atom stereocenters. The maximum atomic E-state index is 5.84. The van der Waals surface area contributed by atoms with Crippen molar-refractivity contribution in [2.45, 2.75) is 20.3 Å². The summed E-state index contributed by atoms with van der Waals surface area (Å²) in [7, 11) is 5.84. The molecule has 0 aromatic heterocycles. The highest BCUT2D eigenvalue weighted by molar-refractivity contribution is 6.33. The molecule has 0 nitrogen and oxygen atoms in total. The standard InChI is InChI=1S/C13H15B/c1-9-8-12(9)7-6-11-4-3-5-13(14)10(11)2/h3-7,9,12H,8H2,1-2H3/b7-6-. The molecular formula is C13H15B. The first-order valence-electron chi connectivity index (χ1n) is 5.22. The summed E-state index contributed by atoms with van der Waals surface area (Å²) in [5.74, 6) is 1.68. The molecule has 1 aromatic rings. The minimum Gasteiger partial charge on any atom is -0.0932 e. The normalized spacial score (nSPS) is 25.6.